The first-order valence-corrected chi connectivity index (χ1v) is 11.0. The van der Waals surface area contributed by atoms with Crippen LogP contribution in [0, 0.1) is 5.92 Å². The summed E-state index contributed by atoms with van der Waals surface area (Å²) in [5, 5.41) is 2.80. The second-order valence-corrected chi connectivity index (χ2v) is 8.47. The molecule has 3 N–H and O–H groups in total. The molecular formula is C23H35FN4O3. The number of alkyl halides is 1. The van der Waals surface area contributed by atoms with E-state index in [0.717, 1.165) is 18.4 Å². The van der Waals surface area contributed by atoms with Gasteiger partial charge >= 0.3 is 0 Å². The van der Waals surface area contributed by atoms with Crippen LogP contribution in [0.3, 0.4) is 0 Å². The predicted molar refractivity (Wildman–Crippen MR) is 118 cm³/mol. The number of amides is 3. The molecule has 1 saturated heterocycles. The first kappa shape index (κ1) is 24.8. The minimum Gasteiger partial charge on any atom is -0.343 e. The Morgan fingerprint density at radius 2 is 1.94 bits per heavy atom. The monoisotopic (exact) mass is 434 g/mol. The highest BCUT2D eigenvalue weighted by atomic mass is 19.1. The first-order chi connectivity index (χ1) is 14.8. The average Bonchev–Trinajstić information content (AvgIpc) is 3.23. The van der Waals surface area contributed by atoms with Gasteiger partial charge in [0.2, 0.25) is 11.8 Å². The van der Waals surface area contributed by atoms with Crippen LogP contribution in [0.5, 0.6) is 0 Å². The standard InChI is InChI=1S/C23H35FN4O3/c1-4-19(25)22(30)26-21(16(2)3)23(31)28-12-8-11-18(28)15-27(20(29)13-24)14-17-9-6-5-7-10-17/h5-7,9-10,16,18-19,21H,4,8,11-15,25H2,1-3H3,(H,26,30)/t18-,19-,21-/m0/s1. The molecule has 0 aliphatic carbocycles. The molecule has 1 aromatic carbocycles. The summed E-state index contributed by atoms with van der Waals surface area (Å²) in [6, 6.07) is 7.83. The molecule has 0 spiro atoms. The molecule has 1 fully saturated rings. The van der Waals surface area contributed by atoms with Crippen LogP contribution in [0.2, 0.25) is 0 Å². The van der Waals surface area contributed by atoms with E-state index in [-0.39, 0.29) is 36.9 Å². The van der Waals surface area contributed by atoms with E-state index in [1.807, 2.05) is 51.1 Å². The molecule has 172 valence electrons. The number of nitrogens with two attached hydrogens (primary N) is 1. The molecule has 7 nitrogen and oxygen atoms in total. The highest BCUT2D eigenvalue weighted by molar-refractivity contribution is 5.90. The van der Waals surface area contributed by atoms with E-state index in [1.165, 1.54) is 4.90 Å². The molecule has 0 radical (unpaired) electrons. The van der Waals surface area contributed by atoms with Crippen LogP contribution >= 0.6 is 0 Å². The summed E-state index contributed by atoms with van der Waals surface area (Å²) in [5.41, 5.74) is 6.72. The number of carbonyl (C=O) groups is 3. The smallest absolute Gasteiger partial charge is 0.254 e. The zero-order chi connectivity index (χ0) is 23.0. The zero-order valence-corrected chi connectivity index (χ0v) is 18.7. The third-order valence-corrected chi connectivity index (χ3v) is 5.78. The molecule has 1 heterocycles. The van der Waals surface area contributed by atoms with Gasteiger partial charge in [-0.1, -0.05) is 51.1 Å². The van der Waals surface area contributed by atoms with E-state index in [0.29, 0.717) is 13.0 Å². The van der Waals surface area contributed by atoms with Gasteiger partial charge in [0.15, 0.2) is 6.67 Å². The normalized spacial score (nSPS) is 18.0. The lowest BCUT2D eigenvalue weighted by atomic mass is 10.0. The molecule has 0 bridgehead atoms. The summed E-state index contributed by atoms with van der Waals surface area (Å²) >= 11 is 0. The van der Waals surface area contributed by atoms with Crippen molar-refractivity contribution in [3.63, 3.8) is 0 Å². The van der Waals surface area contributed by atoms with E-state index >= 15 is 0 Å². The Morgan fingerprint density at radius 3 is 2.52 bits per heavy atom. The van der Waals surface area contributed by atoms with Crippen molar-refractivity contribution in [2.75, 3.05) is 19.8 Å². The fourth-order valence-corrected chi connectivity index (χ4v) is 3.85. The number of hydrogen-bond acceptors (Lipinski definition) is 4. The van der Waals surface area contributed by atoms with Crippen LogP contribution in [0.4, 0.5) is 4.39 Å². The van der Waals surface area contributed by atoms with Crippen LogP contribution in [-0.2, 0) is 20.9 Å². The number of hydrogen-bond donors (Lipinski definition) is 2. The molecule has 0 saturated carbocycles. The van der Waals surface area contributed by atoms with Crippen molar-refractivity contribution in [2.45, 2.75) is 64.7 Å². The Hall–Kier alpha value is -2.48. The van der Waals surface area contributed by atoms with Crippen LogP contribution in [0.1, 0.15) is 45.6 Å². The van der Waals surface area contributed by atoms with Gasteiger partial charge in [-0.05, 0) is 30.7 Å². The number of halogens is 1. The van der Waals surface area contributed by atoms with Crippen molar-refractivity contribution in [1.82, 2.24) is 15.1 Å². The fourth-order valence-electron chi connectivity index (χ4n) is 3.85. The maximum absolute atomic E-state index is 13.3. The number of carbonyl (C=O) groups excluding carboxylic acids is 3. The summed E-state index contributed by atoms with van der Waals surface area (Å²) in [6.45, 7) is 5.59. The van der Waals surface area contributed by atoms with Crippen molar-refractivity contribution in [1.29, 1.82) is 0 Å². The molecule has 1 aromatic rings. The van der Waals surface area contributed by atoms with Gasteiger partial charge in [-0.25, -0.2) is 4.39 Å². The lowest BCUT2D eigenvalue weighted by molar-refractivity contribution is -0.141. The molecule has 0 aromatic heterocycles. The third-order valence-electron chi connectivity index (χ3n) is 5.78. The second kappa shape index (κ2) is 11.8. The highest BCUT2D eigenvalue weighted by Gasteiger charge is 2.37. The number of nitrogens with one attached hydrogen (secondary N) is 1. The summed E-state index contributed by atoms with van der Waals surface area (Å²) in [6.07, 6.45) is 2.01. The molecule has 3 amide bonds. The Morgan fingerprint density at radius 1 is 1.26 bits per heavy atom. The molecule has 31 heavy (non-hydrogen) atoms. The lowest BCUT2D eigenvalue weighted by Crippen LogP contribution is -2.56. The minimum atomic E-state index is -1.08. The SMILES string of the molecule is CC[C@H](N)C(=O)N[C@H](C(=O)N1CCC[C@H]1CN(Cc1ccccc1)C(=O)CF)C(C)C. The van der Waals surface area contributed by atoms with Gasteiger partial charge in [0.1, 0.15) is 6.04 Å². The van der Waals surface area contributed by atoms with Gasteiger partial charge in [-0.15, -0.1) is 0 Å². The third kappa shape index (κ3) is 6.75. The number of nitrogens with zero attached hydrogens (tertiary/aromatic N) is 2. The quantitative estimate of drug-likeness (QED) is 0.588. The van der Waals surface area contributed by atoms with E-state index in [2.05, 4.69) is 5.32 Å². The lowest BCUT2D eigenvalue weighted by Gasteiger charge is -2.34. The van der Waals surface area contributed by atoms with E-state index in [1.54, 1.807) is 4.90 Å². The molecule has 2 rings (SSSR count). The molecule has 1 aliphatic rings. The topological polar surface area (TPSA) is 95.7 Å². The fraction of sp³-hybridized carbons (Fsp3) is 0.609. The molecular weight excluding hydrogens is 399 g/mol. The highest BCUT2D eigenvalue weighted by Crippen LogP contribution is 2.22. The van der Waals surface area contributed by atoms with E-state index in [4.69, 9.17) is 5.73 Å². The van der Waals surface area contributed by atoms with Crippen molar-refractivity contribution in [2.24, 2.45) is 11.7 Å². The number of benzene rings is 1. The average molecular weight is 435 g/mol. The number of likely N-dealkylation sites (tertiary alicyclic amines) is 1. The maximum atomic E-state index is 13.3. The second-order valence-electron chi connectivity index (χ2n) is 8.47. The molecule has 3 atom stereocenters. The van der Waals surface area contributed by atoms with Gasteiger partial charge < -0.3 is 20.9 Å². The Labute approximate surface area is 184 Å². The van der Waals surface area contributed by atoms with Gasteiger partial charge in [-0.2, -0.15) is 0 Å². The summed E-state index contributed by atoms with van der Waals surface area (Å²) < 4.78 is 13.2. The van der Waals surface area contributed by atoms with E-state index < -0.39 is 24.7 Å². The van der Waals surface area contributed by atoms with Crippen molar-refractivity contribution in [3.8, 4) is 0 Å². The Balaban J connectivity index is 2.13. The van der Waals surface area contributed by atoms with Crippen LogP contribution in [-0.4, -0.2) is 65.4 Å². The minimum absolute atomic E-state index is 0.116. The Bertz CT molecular complexity index is 744. The summed E-state index contributed by atoms with van der Waals surface area (Å²) in [5.74, 6) is -1.23. The number of rotatable bonds is 10. The van der Waals surface area contributed by atoms with Crippen LogP contribution < -0.4 is 11.1 Å². The zero-order valence-electron chi connectivity index (χ0n) is 18.7. The van der Waals surface area contributed by atoms with Crippen molar-refractivity contribution >= 4 is 17.7 Å². The van der Waals surface area contributed by atoms with Gasteiger partial charge in [0.25, 0.3) is 5.91 Å². The van der Waals surface area contributed by atoms with Gasteiger partial charge in [-0.3, -0.25) is 14.4 Å². The maximum Gasteiger partial charge on any atom is 0.254 e. The molecule has 0 unspecified atom stereocenters. The molecule has 8 heteroatoms. The summed E-state index contributed by atoms with van der Waals surface area (Å²) in [7, 11) is 0. The molecule has 1 aliphatic heterocycles. The van der Waals surface area contributed by atoms with Crippen LogP contribution in [0.15, 0.2) is 30.3 Å². The largest absolute Gasteiger partial charge is 0.343 e. The Kier molecular flexibility index (Phi) is 9.43. The van der Waals surface area contributed by atoms with Crippen molar-refractivity contribution in [3.05, 3.63) is 35.9 Å². The van der Waals surface area contributed by atoms with Crippen LogP contribution in [0.25, 0.3) is 0 Å². The van der Waals surface area contributed by atoms with Gasteiger partial charge in [0.05, 0.1) is 6.04 Å². The van der Waals surface area contributed by atoms with E-state index in [9.17, 15) is 18.8 Å². The first-order valence-electron chi connectivity index (χ1n) is 11.0. The summed E-state index contributed by atoms with van der Waals surface area (Å²) in [4.78, 5) is 41.1. The van der Waals surface area contributed by atoms with Crippen molar-refractivity contribution < 1.29 is 18.8 Å². The van der Waals surface area contributed by atoms with Gasteiger partial charge in [0, 0.05) is 25.7 Å². The predicted octanol–water partition coefficient (Wildman–Crippen LogP) is 1.85.